The van der Waals surface area contributed by atoms with E-state index in [0.29, 0.717) is 23.6 Å². The van der Waals surface area contributed by atoms with Gasteiger partial charge in [0.05, 0.1) is 12.4 Å². The highest BCUT2D eigenvalue weighted by atomic mass is 19.1. The molecule has 1 aliphatic rings. The van der Waals surface area contributed by atoms with Crippen molar-refractivity contribution in [1.29, 1.82) is 0 Å². The average Bonchev–Trinajstić information content (AvgIpc) is 3.07. The highest BCUT2D eigenvalue weighted by Crippen LogP contribution is 2.18. The molecule has 1 aromatic heterocycles. The van der Waals surface area contributed by atoms with E-state index in [2.05, 4.69) is 20.6 Å². The molecule has 23 heavy (non-hydrogen) atoms. The zero-order chi connectivity index (χ0) is 16.1. The van der Waals surface area contributed by atoms with Gasteiger partial charge < -0.3 is 10.6 Å². The van der Waals surface area contributed by atoms with Crippen molar-refractivity contribution in [3.8, 4) is 0 Å². The second-order valence-corrected chi connectivity index (χ2v) is 5.69. The van der Waals surface area contributed by atoms with Crippen LogP contribution in [0.5, 0.6) is 0 Å². The van der Waals surface area contributed by atoms with Gasteiger partial charge >= 0.3 is 0 Å². The van der Waals surface area contributed by atoms with Crippen molar-refractivity contribution in [2.45, 2.75) is 38.3 Å². The van der Waals surface area contributed by atoms with Crippen LogP contribution in [0.2, 0.25) is 0 Å². The van der Waals surface area contributed by atoms with Crippen molar-refractivity contribution in [3.05, 3.63) is 53.7 Å². The Labute approximate surface area is 134 Å². The van der Waals surface area contributed by atoms with Gasteiger partial charge in [0, 0.05) is 18.2 Å². The molecule has 0 spiro atoms. The Bertz CT molecular complexity index is 669. The summed E-state index contributed by atoms with van der Waals surface area (Å²) in [6.07, 6.45) is 7.31. The minimum atomic E-state index is -0.263. The molecule has 1 heterocycles. The number of carbonyl (C=O) groups is 1. The van der Waals surface area contributed by atoms with Crippen molar-refractivity contribution < 1.29 is 9.18 Å². The largest absolute Gasteiger partial charge is 0.365 e. The van der Waals surface area contributed by atoms with Gasteiger partial charge in [0.1, 0.15) is 17.3 Å². The fraction of sp³-hybridized carbons (Fsp3) is 0.353. The normalized spacial score (nSPS) is 14.7. The molecular weight excluding hydrogens is 295 g/mol. The van der Waals surface area contributed by atoms with Crippen LogP contribution in [0.15, 0.2) is 36.7 Å². The molecule has 5 nitrogen and oxygen atoms in total. The molecule has 2 N–H and O–H groups in total. The summed E-state index contributed by atoms with van der Waals surface area (Å²) >= 11 is 0. The van der Waals surface area contributed by atoms with Crippen molar-refractivity contribution in [3.63, 3.8) is 0 Å². The minimum Gasteiger partial charge on any atom is -0.365 e. The van der Waals surface area contributed by atoms with E-state index < -0.39 is 0 Å². The predicted molar refractivity (Wildman–Crippen MR) is 85.5 cm³/mol. The number of aromatic nitrogens is 2. The van der Waals surface area contributed by atoms with Gasteiger partial charge in [0.15, 0.2) is 0 Å². The average molecular weight is 314 g/mol. The van der Waals surface area contributed by atoms with E-state index in [9.17, 15) is 9.18 Å². The Hall–Kier alpha value is -2.50. The van der Waals surface area contributed by atoms with E-state index in [0.717, 1.165) is 25.7 Å². The molecule has 0 aliphatic heterocycles. The molecule has 1 fully saturated rings. The van der Waals surface area contributed by atoms with Gasteiger partial charge in [-0.25, -0.2) is 14.4 Å². The van der Waals surface area contributed by atoms with Crippen molar-refractivity contribution >= 4 is 11.7 Å². The molecule has 0 saturated heterocycles. The lowest BCUT2D eigenvalue weighted by Crippen LogP contribution is -2.33. The summed E-state index contributed by atoms with van der Waals surface area (Å²) in [5.74, 6) is 0.0521. The van der Waals surface area contributed by atoms with Crippen LogP contribution in [0.1, 0.15) is 41.7 Å². The molecule has 0 atom stereocenters. The molecule has 0 unspecified atom stereocenters. The molecule has 6 heteroatoms. The molecule has 1 saturated carbocycles. The third-order valence-corrected chi connectivity index (χ3v) is 3.99. The van der Waals surface area contributed by atoms with Gasteiger partial charge in [0.2, 0.25) is 0 Å². The fourth-order valence-electron chi connectivity index (χ4n) is 2.69. The van der Waals surface area contributed by atoms with E-state index in [1.165, 1.54) is 18.5 Å². The number of rotatable bonds is 5. The lowest BCUT2D eigenvalue weighted by atomic mass is 10.2. The highest BCUT2D eigenvalue weighted by Gasteiger charge is 2.18. The molecule has 1 aromatic carbocycles. The summed E-state index contributed by atoms with van der Waals surface area (Å²) in [7, 11) is 0. The number of carbonyl (C=O) groups excluding carboxylic acids is 1. The van der Waals surface area contributed by atoms with Gasteiger partial charge in [-0.2, -0.15) is 0 Å². The van der Waals surface area contributed by atoms with E-state index in [1.54, 1.807) is 18.2 Å². The second-order valence-electron chi connectivity index (χ2n) is 5.69. The topological polar surface area (TPSA) is 66.9 Å². The van der Waals surface area contributed by atoms with E-state index in [4.69, 9.17) is 0 Å². The van der Waals surface area contributed by atoms with Gasteiger partial charge in [0.25, 0.3) is 5.91 Å². The van der Waals surface area contributed by atoms with E-state index in [1.807, 2.05) is 0 Å². The first-order chi connectivity index (χ1) is 11.2. The number of nitrogens with zero attached hydrogens (tertiary/aromatic N) is 2. The Kier molecular flexibility index (Phi) is 4.80. The third kappa shape index (κ3) is 4.03. The molecule has 1 amide bonds. The summed E-state index contributed by atoms with van der Waals surface area (Å²) in [5, 5.41) is 5.96. The Morgan fingerprint density at radius 3 is 2.65 bits per heavy atom. The highest BCUT2D eigenvalue weighted by molar-refractivity contribution is 5.92. The number of benzene rings is 1. The summed E-state index contributed by atoms with van der Waals surface area (Å²) in [6.45, 7) is 0.314. The van der Waals surface area contributed by atoms with Crippen LogP contribution in [0.25, 0.3) is 0 Å². The molecule has 3 rings (SSSR count). The predicted octanol–water partition coefficient (Wildman–Crippen LogP) is 2.90. The SMILES string of the molecule is O=C(NC1CCCC1)c1cnc(NCc2ccccc2F)cn1. The van der Waals surface area contributed by atoms with Crippen LogP contribution < -0.4 is 10.6 Å². The minimum absolute atomic E-state index is 0.190. The Morgan fingerprint density at radius 2 is 1.96 bits per heavy atom. The van der Waals surface area contributed by atoms with Gasteiger partial charge in [-0.05, 0) is 18.9 Å². The van der Waals surface area contributed by atoms with Gasteiger partial charge in [-0.1, -0.05) is 31.0 Å². The molecule has 0 bridgehead atoms. The van der Waals surface area contributed by atoms with Gasteiger partial charge in [-0.3, -0.25) is 4.79 Å². The second kappa shape index (κ2) is 7.17. The van der Waals surface area contributed by atoms with Gasteiger partial charge in [-0.15, -0.1) is 0 Å². The first kappa shape index (κ1) is 15.4. The lowest BCUT2D eigenvalue weighted by Gasteiger charge is -2.11. The van der Waals surface area contributed by atoms with Crippen LogP contribution in [0.4, 0.5) is 10.2 Å². The number of halogens is 1. The maximum atomic E-state index is 13.5. The fourth-order valence-corrected chi connectivity index (χ4v) is 2.69. The summed E-state index contributed by atoms with van der Waals surface area (Å²) in [4.78, 5) is 20.3. The van der Waals surface area contributed by atoms with Crippen LogP contribution in [-0.2, 0) is 6.54 Å². The number of hydrogen-bond donors (Lipinski definition) is 2. The smallest absolute Gasteiger partial charge is 0.271 e. The van der Waals surface area contributed by atoms with Crippen LogP contribution >= 0.6 is 0 Å². The van der Waals surface area contributed by atoms with Crippen molar-refractivity contribution in [2.75, 3.05) is 5.32 Å². The van der Waals surface area contributed by atoms with Crippen molar-refractivity contribution in [1.82, 2.24) is 15.3 Å². The maximum Gasteiger partial charge on any atom is 0.271 e. The first-order valence-corrected chi connectivity index (χ1v) is 7.82. The summed E-state index contributed by atoms with van der Waals surface area (Å²) < 4.78 is 13.5. The standard InChI is InChI=1S/C17H19FN4O/c18-14-8-4-1-5-12(14)9-20-16-11-19-15(10-21-16)17(23)22-13-6-2-3-7-13/h1,4-5,8,10-11,13H,2-3,6-7,9H2,(H,20,21)(H,22,23). The number of hydrogen-bond acceptors (Lipinski definition) is 4. The monoisotopic (exact) mass is 314 g/mol. The van der Waals surface area contributed by atoms with Crippen molar-refractivity contribution in [2.24, 2.45) is 0 Å². The van der Waals surface area contributed by atoms with E-state index >= 15 is 0 Å². The maximum absolute atomic E-state index is 13.5. The summed E-state index contributed by atoms with van der Waals surface area (Å²) in [6, 6.07) is 6.81. The Morgan fingerprint density at radius 1 is 1.17 bits per heavy atom. The molecule has 2 aromatic rings. The molecule has 0 radical (unpaired) electrons. The first-order valence-electron chi connectivity index (χ1n) is 7.82. The molecule has 120 valence electrons. The third-order valence-electron chi connectivity index (χ3n) is 3.99. The quantitative estimate of drug-likeness (QED) is 0.890. The zero-order valence-corrected chi connectivity index (χ0v) is 12.8. The van der Waals surface area contributed by atoms with Crippen LogP contribution in [0.3, 0.4) is 0 Å². The van der Waals surface area contributed by atoms with Crippen LogP contribution in [-0.4, -0.2) is 21.9 Å². The number of nitrogens with one attached hydrogen (secondary N) is 2. The number of amides is 1. The molecule has 1 aliphatic carbocycles. The Balaban J connectivity index is 1.56. The van der Waals surface area contributed by atoms with E-state index in [-0.39, 0.29) is 17.8 Å². The van der Waals surface area contributed by atoms with Crippen LogP contribution in [0, 0.1) is 5.82 Å². The molecular formula is C17H19FN4O. The lowest BCUT2D eigenvalue weighted by molar-refractivity contribution is 0.0932. The number of anilines is 1. The zero-order valence-electron chi connectivity index (χ0n) is 12.8. The summed E-state index contributed by atoms with van der Waals surface area (Å²) in [5.41, 5.74) is 0.852.